The van der Waals surface area contributed by atoms with Gasteiger partial charge < -0.3 is 0 Å². The molecule has 0 aliphatic rings. The predicted octanol–water partition coefficient (Wildman–Crippen LogP) is -1.19. The molecule has 0 rings (SSSR count). The molecule has 38 valence electrons. The third-order valence-corrected chi connectivity index (χ3v) is 0. The zero-order valence-corrected chi connectivity index (χ0v) is 5.01. The van der Waals surface area contributed by atoms with Crippen LogP contribution in [0.25, 0.3) is 0 Å². The van der Waals surface area contributed by atoms with Crippen molar-refractivity contribution in [3.8, 4) is 0 Å². The monoisotopic (exact) mass is 348 g/mol. The summed E-state index contributed by atoms with van der Waals surface area (Å²) >= 11 is 0. The number of hydrogen-bond donors (Lipinski definition) is 0. The van der Waals surface area contributed by atoms with Crippen LogP contribution in [0, 0.1) is 0 Å². The van der Waals surface area contributed by atoms with E-state index in [9.17, 15) is 0 Å². The zero-order valence-electron chi connectivity index (χ0n) is 0.919. The molecule has 0 atom stereocenters. The van der Waals surface area contributed by atoms with Gasteiger partial charge in [-0.1, -0.05) is 0 Å². The third kappa shape index (κ3) is 8.86. The minimum absolute atomic E-state index is 0. The maximum Gasteiger partial charge on any atom is 0.187 e. The van der Waals surface area contributed by atoms with Crippen LogP contribution in [0.2, 0.25) is 0 Å². The molecule has 0 aliphatic carbocycles. The van der Waals surface area contributed by atoms with Crippen LogP contribution in [0.1, 0.15) is 0 Å². The van der Waals surface area contributed by atoms with Crippen molar-refractivity contribution >= 4 is 17.4 Å². The Morgan fingerprint density at radius 2 is 1.00 bits per heavy atom. The van der Waals surface area contributed by atoms with Crippen molar-refractivity contribution in [3.05, 3.63) is 0 Å². The molecule has 4 heteroatoms. The Morgan fingerprint density at radius 1 is 1.00 bits per heavy atom. The maximum atomic E-state index is 0. The van der Waals surface area contributed by atoms with Gasteiger partial charge >= 0.3 is 0 Å². The van der Waals surface area contributed by atoms with E-state index in [4.69, 9.17) is 0 Å². The minimum Gasteiger partial charge on any atom is 0 e. The van der Waals surface area contributed by atoms with E-state index in [0.717, 1.165) is 0 Å². The molecule has 0 bridgehead atoms. The summed E-state index contributed by atoms with van der Waals surface area (Å²) in [5.41, 5.74) is 0. The first-order chi connectivity index (χ1) is 0. The maximum absolute atomic E-state index is 0. The molecule has 2 radical (unpaired) electrons. The van der Waals surface area contributed by atoms with Gasteiger partial charge in [-0.3, -0.25) is 0 Å². The van der Waals surface area contributed by atoms with Crippen LogP contribution >= 0.6 is 0 Å². The van der Waals surface area contributed by atoms with E-state index in [2.05, 4.69) is 0 Å². The van der Waals surface area contributed by atoms with Crippen molar-refractivity contribution in [2.75, 3.05) is 0 Å². The molecule has 0 fully saturated rings. The molecular weight excluding hydrogens is 346 g/mol. The Morgan fingerprint density at radius 3 is 1.00 bits per heavy atom. The van der Waals surface area contributed by atoms with Crippen LogP contribution in [-0.4, -0.2) is 17.4 Å². The molecule has 0 saturated carbocycles. The number of rotatable bonds is 0. The first-order valence-corrected chi connectivity index (χ1v) is 0. The fourth-order valence-corrected chi connectivity index (χ4v) is 0. The molecule has 0 saturated heterocycles. The van der Waals surface area contributed by atoms with E-state index < -0.39 is 0 Å². The van der Waals surface area contributed by atoms with Gasteiger partial charge in [0.2, 0.25) is 0 Å². The third-order valence-electron chi connectivity index (χ3n) is 0. The van der Waals surface area contributed by atoms with Gasteiger partial charge in [0.1, 0.15) is 0 Å². The summed E-state index contributed by atoms with van der Waals surface area (Å²) in [7, 11) is 0. The first-order valence-electron chi connectivity index (χ1n) is 0. The molecule has 0 unspecified atom stereocenters. The normalized spacial score (nSPS) is 0. The van der Waals surface area contributed by atoms with Crippen molar-refractivity contribution in [2.45, 2.75) is 0 Å². The molecule has 0 amide bonds. The second kappa shape index (κ2) is 18.6. The molecule has 0 aromatic carbocycles. The van der Waals surface area contributed by atoms with Crippen LogP contribution < -0.4 is 0 Å². The Kier molecular flexibility index (Phi) is 156. The van der Waals surface area contributed by atoms with Crippen LogP contribution in [0.15, 0.2) is 0 Å². The van der Waals surface area contributed by atoms with E-state index >= 15 is 0 Å². The molecule has 4 heavy (non-hydrogen) atoms. The van der Waals surface area contributed by atoms with E-state index in [-0.39, 0.29) is 73.3 Å². The largest absolute Gasteiger partial charge is 0.187 e. The van der Waals surface area contributed by atoms with E-state index in [0.29, 0.717) is 0 Å². The van der Waals surface area contributed by atoms with Crippen molar-refractivity contribution in [1.82, 2.24) is 0 Å². The van der Waals surface area contributed by atoms with Crippen LogP contribution in [0.5, 0.6) is 0 Å². The predicted molar refractivity (Wildman–Crippen MR) is 9.94 cm³/mol. The second-order valence-corrected chi connectivity index (χ2v) is 0. The molecule has 0 spiro atoms. The summed E-state index contributed by atoms with van der Waals surface area (Å²) in [5.74, 6) is 0. The summed E-state index contributed by atoms with van der Waals surface area (Å²) in [6.45, 7) is 0. The quantitative estimate of drug-likeness (QED) is 0.483. The van der Waals surface area contributed by atoms with Gasteiger partial charge in [0.25, 0.3) is 0 Å². The van der Waals surface area contributed by atoms with Crippen molar-refractivity contribution in [2.24, 2.45) is 0 Å². The van der Waals surface area contributed by atoms with Crippen LogP contribution in [0.4, 0.5) is 0 Å². The van der Waals surface area contributed by atoms with Gasteiger partial charge in [-0.25, -0.2) is 0 Å². The van der Waals surface area contributed by atoms with Crippen LogP contribution in [-0.2, 0) is 55.9 Å². The summed E-state index contributed by atoms with van der Waals surface area (Å²) < 4.78 is 0. The smallest absolute Gasteiger partial charge is 0 e. The summed E-state index contributed by atoms with van der Waals surface area (Å²) in [6, 6.07) is 0. The molecule has 0 nitrogen and oxygen atoms in total. The van der Waals surface area contributed by atoms with Gasteiger partial charge in [-0.15, -0.1) is 0 Å². The summed E-state index contributed by atoms with van der Waals surface area (Å²) in [4.78, 5) is 0. The molecule has 0 N–H and O–H groups in total. The Labute approximate surface area is 72.5 Å². The fraction of sp³-hybridized carbons (Fsp3) is 0. The average molecular weight is 349 g/mol. The molecule has 0 aliphatic heterocycles. The standard InChI is InChI=1S/Al.Au.Cu.Ni.3H. The van der Waals surface area contributed by atoms with E-state index in [1.807, 2.05) is 0 Å². The summed E-state index contributed by atoms with van der Waals surface area (Å²) in [5, 5.41) is 0. The molecular formula is H3AlAuCuNi. The van der Waals surface area contributed by atoms with Gasteiger partial charge in [0.05, 0.1) is 0 Å². The molecule has 0 heterocycles. The molecule has 0 aromatic heterocycles. The van der Waals surface area contributed by atoms with Crippen molar-refractivity contribution < 1.29 is 55.9 Å². The number of hydrogen-bond acceptors (Lipinski definition) is 0. The van der Waals surface area contributed by atoms with E-state index in [1.165, 1.54) is 0 Å². The molecule has 0 aromatic rings. The topological polar surface area (TPSA) is 0 Å². The Balaban J connectivity index is 0. The zero-order chi connectivity index (χ0) is 0. The second-order valence-electron chi connectivity index (χ2n) is 0. The first kappa shape index (κ1) is 33.6. The van der Waals surface area contributed by atoms with Crippen LogP contribution in [0.3, 0.4) is 0 Å². The van der Waals surface area contributed by atoms with Gasteiger partial charge in [0, 0.05) is 55.9 Å². The minimum atomic E-state index is 0. The fourth-order valence-electron chi connectivity index (χ4n) is 0. The van der Waals surface area contributed by atoms with Crippen molar-refractivity contribution in [3.63, 3.8) is 0 Å². The average Bonchev–Trinajstić information content (AvgIpc) is 0. The summed E-state index contributed by atoms with van der Waals surface area (Å²) in [6.07, 6.45) is 0. The van der Waals surface area contributed by atoms with Gasteiger partial charge in [-0.05, 0) is 0 Å². The van der Waals surface area contributed by atoms with Gasteiger partial charge in [-0.2, -0.15) is 0 Å². The Bertz CT molecular complexity index is 8.00. The SMILES string of the molecule is [AlH3].[Au].[Cu].[Ni]. The van der Waals surface area contributed by atoms with Gasteiger partial charge in [0.15, 0.2) is 17.4 Å². The Hall–Kier alpha value is 2.29. The van der Waals surface area contributed by atoms with E-state index in [1.54, 1.807) is 0 Å². The van der Waals surface area contributed by atoms with Crippen molar-refractivity contribution in [1.29, 1.82) is 0 Å².